The van der Waals surface area contributed by atoms with Gasteiger partial charge in [-0.2, -0.15) is 0 Å². The Bertz CT molecular complexity index is 682. The van der Waals surface area contributed by atoms with Gasteiger partial charge in [-0.15, -0.1) is 0 Å². The number of halogens is 1. The van der Waals surface area contributed by atoms with E-state index in [0.29, 0.717) is 28.4 Å². The second-order valence-electron chi connectivity index (χ2n) is 4.78. The van der Waals surface area contributed by atoms with Crippen molar-refractivity contribution in [1.29, 1.82) is 0 Å². The third-order valence-corrected chi connectivity index (χ3v) is 3.76. The van der Waals surface area contributed by atoms with Gasteiger partial charge >= 0.3 is 5.97 Å². The first-order valence-corrected chi connectivity index (χ1v) is 6.52. The number of H-pyrrole nitrogens is 1. The molecule has 102 valence electrons. The maximum atomic E-state index is 12.1. The van der Waals surface area contributed by atoms with E-state index in [-0.39, 0.29) is 5.78 Å². The molecule has 0 bridgehead atoms. The molecule has 2 atom stereocenters. The smallest absolute Gasteiger partial charge is 0.307 e. The van der Waals surface area contributed by atoms with Crippen LogP contribution >= 0.6 is 11.6 Å². The molecule has 20 heavy (non-hydrogen) atoms. The molecule has 6 heteroatoms. The summed E-state index contributed by atoms with van der Waals surface area (Å²) in [5.41, 5.74) is 1.15. The number of ketones is 1. The first kappa shape index (κ1) is 12.9. The summed E-state index contributed by atoms with van der Waals surface area (Å²) in [6.45, 7) is 0. The number of carbonyl (C=O) groups is 2. The van der Waals surface area contributed by atoms with Crippen molar-refractivity contribution in [1.82, 2.24) is 9.97 Å². The van der Waals surface area contributed by atoms with E-state index in [9.17, 15) is 9.59 Å². The molecule has 3 rings (SSSR count). The quantitative estimate of drug-likeness (QED) is 0.848. The molecule has 0 aliphatic heterocycles. The van der Waals surface area contributed by atoms with Crippen LogP contribution in [0.1, 0.15) is 16.8 Å². The Kier molecular flexibility index (Phi) is 3.06. The van der Waals surface area contributed by atoms with E-state index in [2.05, 4.69) is 9.97 Å². The molecule has 1 fully saturated rings. The Morgan fingerprint density at radius 1 is 1.35 bits per heavy atom. The Morgan fingerprint density at radius 2 is 2.15 bits per heavy atom. The lowest BCUT2D eigenvalue weighted by molar-refractivity contribution is -0.138. The molecular formula is C14H11ClN2O3. The Labute approximate surface area is 119 Å². The predicted molar refractivity (Wildman–Crippen MR) is 72.6 cm³/mol. The lowest BCUT2D eigenvalue weighted by atomic mass is 10.0. The van der Waals surface area contributed by atoms with Crippen LogP contribution in [-0.2, 0) is 4.79 Å². The highest BCUT2D eigenvalue weighted by Gasteiger charge is 2.48. The average Bonchev–Trinajstić information content (AvgIpc) is 3.05. The largest absolute Gasteiger partial charge is 0.481 e. The molecule has 5 nitrogen and oxygen atoms in total. The average molecular weight is 291 g/mol. The second kappa shape index (κ2) is 4.76. The van der Waals surface area contributed by atoms with Crippen LogP contribution in [0, 0.1) is 11.8 Å². The molecule has 0 amide bonds. The molecular weight excluding hydrogens is 280 g/mol. The molecule has 2 N–H and O–H groups in total. The third-order valence-electron chi connectivity index (χ3n) is 3.45. The molecule has 2 aromatic rings. The zero-order chi connectivity index (χ0) is 14.3. The number of nitrogens with one attached hydrogen (secondary N) is 1. The fourth-order valence-corrected chi connectivity index (χ4v) is 2.51. The van der Waals surface area contributed by atoms with Crippen molar-refractivity contribution >= 4 is 23.4 Å². The summed E-state index contributed by atoms with van der Waals surface area (Å²) in [5, 5.41) is 9.27. The SMILES string of the molecule is O=C(O)C1CC1C(=O)c1ccc(-c2ncc[nH]2)c(Cl)c1. The van der Waals surface area contributed by atoms with Crippen LogP contribution in [-0.4, -0.2) is 26.8 Å². The number of benzene rings is 1. The third kappa shape index (κ3) is 2.20. The zero-order valence-electron chi connectivity index (χ0n) is 10.3. The van der Waals surface area contributed by atoms with Gasteiger partial charge in [-0.3, -0.25) is 9.59 Å². The second-order valence-corrected chi connectivity index (χ2v) is 5.19. The number of Topliss-reactive ketones (excluding diaryl/α,β-unsaturated/α-hetero) is 1. The number of imidazole rings is 1. The van der Waals surface area contributed by atoms with Crippen molar-refractivity contribution in [3.8, 4) is 11.4 Å². The van der Waals surface area contributed by atoms with Crippen molar-refractivity contribution in [2.75, 3.05) is 0 Å². The Morgan fingerprint density at radius 3 is 2.70 bits per heavy atom. The Hall–Kier alpha value is -2.14. The maximum absolute atomic E-state index is 12.1. The number of carboxylic acids is 1. The van der Waals surface area contributed by atoms with Gasteiger partial charge < -0.3 is 10.1 Å². The number of aromatic amines is 1. The zero-order valence-corrected chi connectivity index (χ0v) is 11.1. The van der Waals surface area contributed by atoms with Gasteiger partial charge in [0.05, 0.1) is 10.9 Å². The summed E-state index contributed by atoms with van der Waals surface area (Å²) < 4.78 is 0. The molecule has 0 saturated heterocycles. The van der Waals surface area contributed by atoms with Gasteiger partial charge in [0.15, 0.2) is 5.78 Å². The number of rotatable bonds is 4. The van der Waals surface area contributed by atoms with E-state index < -0.39 is 17.8 Å². The first-order valence-electron chi connectivity index (χ1n) is 6.14. The summed E-state index contributed by atoms with van der Waals surface area (Å²) in [4.78, 5) is 30.0. The van der Waals surface area contributed by atoms with Gasteiger partial charge in [0.2, 0.25) is 0 Å². The topological polar surface area (TPSA) is 83.0 Å². The van der Waals surface area contributed by atoms with Gasteiger partial charge in [0.25, 0.3) is 0 Å². The van der Waals surface area contributed by atoms with E-state index in [0.717, 1.165) is 0 Å². The summed E-state index contributed by atoms with van der Waals surface area (Å²) in [5.74, 6) is -1.42. The van der Waals surface area contributed by atoms with E-state index in [1.807, 2.05) is 0 Å². The Balaban J connectivity index is 1.85. The number of carboxylic acid groups (broad SMARTS) is 1. The summed E-state index contributed by atoms with van der Waals surface area (Å²) in [6, 6.07) is 4.94. The standard InChI is InChI=1S/C14H11ClN2O3/c15-11-5-7(12(18)9-6-10(9)14(19)20)1-2-8(11)13-16-3-4-17-13/h1-5,9-10H,6H2,(H,16,17)(H,19,20). The van der Waals surface area contributed by atoms with Crippen LogP contribution in [0.15, 0.2) is 30.6 Å². The van der Waals surface area contributed by atoms with Gasteiger partial charge in [-0.05, 0) is 18.6 Å². The van der Waals surface area contributed by atoms with Crippen LogP contribution in [0.2, 0.25) is 5.02 Å². The molecule has 1 saturated carbocycles. The molecule has 1 aliphatic rings. The van der Waals surface area contributed by atoms with Crippen molar-refractivity contribution < 1.29 is 14.7 Å². The predicted octanol–water partition coefficient (Wildman–Crippen LogP) is 2.63. The molecule has 2 unspecified atom stereocenters. The molecule has 0 radical (unpaired) electrons. The lowest BCUT2D eigenvalue weighted by Gasteiger charge is -2.04. The van der Waals surface area contributed by atoms with Crippen LogP contribution in [0.3, 0.4) is 0 Å². The van der Waals surface area contributed by atoms with Crippen LogP contribution in [0.25, 0.3) is 11.4 Å². The van der Waals surface area contributed by atoms with Gasteiger partial charge in [0, 0.05) is 29.4 Å². The first-order chi connectivity index (χ1) is 9.58. The van der Waals surface area contributed by atoms with Gasteiger partial charge in [-0.25, -0.2) is 4.98 Å². The maximum Gasteiger partial charge on any atom is 0.307 e. The minimum absolute atomic E-state index is 0.162. The molecule has 1 aliphatic carbocycles. The number of hydrogen-bond acceptors (Lipinski definition) is 3. The molecule has 1 heterocycles. The number of aromatic nitrogens is 2. The van der Waals surface area contributed by atoms with Gasteiger partial charge in [-0.1, -0.05) is 17.7 Å². The number of nitrogens with zero attached hydrogens (tertiary/aromatic N) is 1. The van der Waals surface area contributed by atoms with Crippen molar-refractivity contribution in [2.24, 2.45) is 11.8 Å². The van der Waals surface area contributed by atoms with Gasteiger partial charge in [0.1, 0.15) is 5.82 Å². The fourth-order valence-electron chi connectivity index (χ4n) is 2.24. The number of aliphatic carboxylic acids is 1. The van der Waals surface area contributed by atoms with Crippen LogP contribution in [0.4, 0.5) is 0 Å². The van der Waals surface area contributed by atoms with E-state index in [1.54, 1.807) is 30.6 Å². The summed E-state index contributed by atoms with van der Waals surface area (Å²) in [7, 11) is 0. The summed E-state index contributed by atoms with van der Waals surface area (Å²) >= 11 is 6.16. The van der Waals surface area contributed by atoms with Crippen LogP contribution in [0.5, 0.6) is 0 Å². The lowest BCUT2D eigenvalue weighted by Crippen LogP contribution is -2.08. The van der Waals surface area contributed by atoms with E-state index in [4.69, 9.17) is 16.7 Å². The van der Waals surface area contributed by atoms with Crippen molar-refractivity contribution in [3.63, 3.8) is 0 Å². The van der Waals surface area contributed by atoms with Crippen molar-refractivity contribution in [2.45, 2.75) is 6.42 Å². The highest BCUT2D eigenvalue weighted by atomic mass is 35.5. The van der Waals surface area contributed by atoms with E-state index in [1.165, 1.54) is 0 Å². The fraction of sp³-hybridized carbons (Fsp3) is 0.214. The monoisotopic (exact) mass is 290 g/mol. The summed E-state index contributed by atoms with van der Waals surface area (Å²) in [6.07, 6.45) is 3.71. The number of carbonyl (C=O) groups excluding carboxylic acids is 1. The molecule has 1 aromatic heterocycles. The van der Waals surface area contributed by atoms with Crippen molar-refractivity contribution in [3.05, 3.63) is 41.2 Å². The highest BCUT2D eigenvalue weighted by molar-refractivity contribution is 6.33. The molecule has 1 aromatic carbocycles. The van der Waals surface area contributed by atoms with E-state index >= 15 is 0 Å². The minimum Gasteiger partial charge on any atom is -0.481 e. The van der Waals surface area contributed by atoms with Crippen LogP contribution < -0.4 is 0 Å². The molecule has 0 spiro atoms. The number of hydrogen-bond donors (Lipinski definition) is 2. The minimum atomic E-state index is -0.915. The highest BCUT2D eigenvalue weighted by Crippen LogP contribution is 2.41. The normalized spacial score (nSPS) is 20.6.